The number of nitrogens with one attached hydrogen (secondary N) is 1. The molecule has 0 radical (unpaired) electrons. The number of hydrogen-bond acceptors (Lipinski definition) is 1. The molecule has 88 valence electrons. The van der Waals surface area contributed by atoms with Crippen molar-refractivity contribution in [1.29, 1.82) is 0 Å². The maximum atomic E-state index is 11.8. The molecule has 0 bridgehead atoms. The van der Waals surface area contributed by atoms with Gasteiger partial charge in [-0.05, 0) is 28.1 Å². The molecule has 0 saturated carbocycles. The van der Waals surface area contributed by atoms with E-state index in [1.54, 1.807) is 24.3 Å². The summed E-state index contributed by atoms with van der Waals surface area (Å²) in [4.78, 5) is 11.2. The first kappa shape index (κ1) is 13.0. The molecule has 0 aliphatic carbocycles. The summed E-state index contributed by atoms with van der Waals surface area (Å²) in [5, 5.41) is 2.40. The van der Waals surface area contributed by atoms with E-state index in [1.807, 2.05) is 0 Å². The number of carbonyl (C=O) groups excluding carboxylic acids is 1. The van der Waals surface area contributed by atoms with Gasteiger partial charge in [-0.1, -0.05) is 12.1 Å². The van der Waals surface area contributed by atoms with Gasteiger partial charge in [-0.2, -0.15) is 13.2 Å². The molecule has 1 N–H and O–H groups in total. The monoisotopic (exact) mass is 295 g/mol. The number of para-hydroxylation sites is 1. The van der Waals surface area contributed by atoms with Gasteiger partial charge >= 0.3 is 6.18 Å². The lowest BCUT2D eigenvalue weighted by Crippen LogP contribution is -2.16. The summed E-state index contributed by atoms with van der Waals surface area (Å²) in [6.07, 6.45) is -5.97. The molecule has 1 aromatic rings. The van der Waals surface area contributed by atoms with Crippen LogP contribution in [0.15, 0.2) is 28.7 Å². The number of carbonyl (C=O) groups is 1. The number of hydrogen-bond donors (Lipinski definition) is 1. The van der Waals surface area contributed by atoms with Crippen LogP contribution in [0.3, 0.4) is 0 Å². The summed E-state index contributed by atoms with van der Waals surface area (Å²) in [5.74, 6) is -0.649. The van der Waals surface area contributed by atoms with Crippen LogP contribution in [0.25, 0.3) is 0 Å². The van der Waals surface area contributed by atoms with E-state index in [2.05, 4.69) is 21.2 Å². The molecule has 0 aromatic heterocycles. The van der Waals surface area contributed by atoms with E-state index in [4.69, 9.17) is 0 Å². The van der Waals surface area contributed by atoms with Gasteiger partial charge in [0, 0.05) is 10.9 Å². The van der Waals surface area contributed by atoms with Crippen LogP contribution in [-0.4, -0.2) is 12.1 Å². The second-order valence-electron chi connectivity index (χ2n) is 3.14. The van der Waals surface area contributed by atoms with Gasteiger partial charge in [-0.15, -0.1) is 0 Å². The van der Waals surface area contributed by atoms with Crippen molar-refractivity contribution in [3.05, 3.63) is 28.7 Å². The third-order valence-electron chi connectivity index (χ3n) is 1.78. The minimum absolute atomic E-state index is 0.467. The number of benzene rings is 1. The lowest BCUT2D eigenvalue weighted by Gasteiger charge is -2.08. The second-order valence-corrected chi connectivity index (χ2v) is 4.00. The highest BCUT2D eigenvalue weighted by Crippen LogP contribution is 2.24. The number of halogens is 4. The van der Waals surface area contributed by atoms with E-state index in [1.165, 1.54) is 0 Å². The first-order valence-electron chi connectivity index (χ1n) is 4.49. The van der Waals surface area contributed by atoms with E-state index >= 15 is 0 Å². The fraction of sp³-hybridized carbons (Fsp3) is 0.300. The Kier molecular flexibility index (Phi) is 4.35. The minimum atomic E-state index is -4.30. The minimum Gasteiger partial charge on any atom is -0.325 e. The maximum absolute atomic E-state index is 11.8. The summed E-state index contributed by atoms with van der Waals surface area (Å²) >= 11 is 3.18. The van der Waals surface area contributed by atoms with Gasteiger partial charge in [0.05, 0.1) is 12.1 Å². The average Bonchev–Trinajstić information content (AvgIpc) is 2.18. The smallest absolute Gasteiger partial charge is 0.325 e. The molecule has 0 aliphatic heterocycles. The zero-order valence-electron chi connectivity index (χ0n) is 8.14. The lowest BCUT2D eigenvalue weighted by molar-refractivity contribution is -0.142. The Morgan fingerprint density at radius 2 is 1.94 bits per heavy atom. The predicted octanol–water partition coefficient (Wildman–Crippen LogP) is 3.73. The van der Waals surface area contributed by atoms with Crippen molar-refractivity contribution in [3.63, 3.8) is 0 Å². The van der Waals surface area contributed by atoms with Crippen molar-refractivity contribution in [2.24, 2.45) is 0 Å². The Balaban J connectivity index is 2.50. The fourth-order valence-corrected chi connectivity index (χ4v) is 1.41. The molecule has 0 atom stereocenters. The van der Waals surface area contributed by atoms with Crippen molar-refractivity contribution in [1.82, 2.24) is 0 Å². The largest absolute Gasteiger partial charge is 0.389 e. The number of alkyl halides is 3. The Labute approximate surface area is 99.0 Å². The van der Waals surface area contributed by atoms with Crippen molar-refractivity contribution in [2.75, 3.05) is 5.32 Å². The van der Waals surface area contributed by atoms with Crippen molar-refractivity contribution in [3.8, 4) is 0 Å². The lowest BCUT2D eigenvalue weighted by atomic mass is 10.2. The molecular weight excluding hydrogens is 287 g/mol. The van der Waals surface area contributed by atoms with Crippen molar-refractivity contribution < 1.29 is 18.0 Å². The molecular formula is C10H9BrF3NO. The predicted molar refractivity (Wildman–Crippen MR) is 58.1 cm³/mol. The Hall–Kier alpha value is -1.04. The standard InChI is InChI=1S/C10H9BrF3NO/c11-7-3-1-2-4-8(7)15-9(16)5-6-10(12,13)14/h1-4H,5-6H2,(H,15,16). The second kappa shape index (κ2) is 5.34. The van der Waals surface area contributed by atoms with Crippen LogP contribution < -0.4 is 5.32 Å². The molecule has 0 fully saturated rings. The quantitative estimate of drug-likeness (QED) is 0.904. The zero-order valence-corrected chi connectivity index (χ0v) is 9.73. The highest BCUT2D eigenvalue weighted by atomic mass is 79.9. The topological polar surface area (TPSA) is 29.1 Å². The highest BCUT2D eigenvalue weighted by Gasteiger charge is 2.27. The normalized spacial score (nSPS) is 11.2. The Bertz CT molecular complexity index is 379. The molecule has 0 heterocycles. The maximum Gasteiger partial charge on any atom is 0.389 e. The van der Waals surface area contributed by atoms with Crippen LogP contribution in [-0.2, 0) is 4.79 Å². The molecule has 6 heteroatoms. The van der Waals surface area contributed by atoms with E-state index in [-0.39, 0.29) is 0 Å². The Morgan fingerprint density at radius 1 is 1.31 bits per heavy atom. The number of amides is 1. The molecule has 0 unspecified atom stereocenters. The van der Waals surface area contributed by atoms with Gasteiger partial charge in [0.15, 0.2) is 0 Å². The molecule has 0 spiro atoms. The van der Waals surface area contributed by atoms with Gasteiger partial charge in [-0.3, -0.25) is 4.79 Å². The van der Waals surface area contributed by atoms with Gasteiger partial charge in [0.25, 0.3) is 0 Å². The number of anilines is 1. The first-order valence-corrected chi connectivity index (χ1v) is 5.29. The van der Waals surface area contributed by atoms with Crippen LogP contribution in [0, 0.1) is 0 Å². The van der Waals surface area contributed by atoms with Crippen LogP contribution >= 0.6 is 15.9 Å². The molecule has 1 rings (SSSR count). The zero-order chi connectivity index (χ0) is 12.2. The van der Waals surface area contributed by atoms with Crippen LogP contribution in [0.5, 0.6) is 0 Å². The summed E-state index contributed by atoms with van der Waals surface area (Å²) in [7, 11) is 0. The SMILES string of the molecule is O=C(CCC(F)(F)F)Nc1ccccc1Br. The summed E-state index contributed by atoms with van der Waals surface area (Å²) < 4.78 is 36.2. The summed E-state index contributed by atoms with van der Waals surface area (Å²) in [5.41, 5.74) is 0.467. The van der Waals surface area contributed by atoms with E-state index in [9.17, 15) is 18.0 Å². The molecule has 1 amide bonds. The van der Waals surface area contributed by atoms with Gasteiger partial charge < -0.3 is 5.32 Å². The highest BCUT2D eigenvalue weighted by molar-refractivity contribution is 9.10. The van der Waals surface area contributed by atoms with E-state index in [0.29, 0.717) is 10.2 Å². The third-order valence-corrected chi connectivity index (χ3v) is 2.47. The van der Waals surface area contributed by atoms with Crippen LogP contribution in [0.4, 0.5) is 18.9 Å². The summed E-state index contributed by atoms with van der Waals surface area (Å²) in [6, 6.07) is 6.73. The Morgan fingerprint density at radius 3 is 2.50 bits per heavy atom. The molecule has 0 aliphatic rings. The number of rotatable bonds is 3. The summed E-state index contributed by atoms with van der Waals surface area (Å²) in [6.45, 7) is 0. The van der Waals surface area contributed by atoms with Gasteiger partial charge in [-0.25, -0.2) is 0 Å². The van der Waals surface area contributed by atoms with Crippen LogP contribution in [0.2, 0.25) is 0 Å². The fourth-order valence-electron chi connectivity index (χ4n) is 1.03. The molecule has 1 aromatic carbocycles. The molecule has 2 nitrogen and oxygen atoms in total. The van der Waals surface area contributed by atoms with E-state index < -0.39 is 24.9 Å². The molecule has 0 saturated heterocycles. The van der Waals surface area contributed by atoms with Gasteiger partial charge in [0.1, 0.15) is 0 Å². The van der Waals surface area contributed by atoms with Crippen molar-refractivity contribution >= 4 is 27.5 Å². The molecule has 16 heavy (non-hydrogen) atoms. The first-order chi connectivity index (χ1) is 7.38. The van der Waals surface area contributed by atoms with Crippen molar-refractivity contribution in [2.45, 2.75) is 19.0 Å². The third kappa shape index (κ3) is 4.65. The van der Waals surface area contributed by atoms with Crippen LogP contribution in [0.1, 0.15) is 12.8 Å². The average molecular weight is 296 g/mol. The van der Waals surface area contributed by atoms with Gasteiger partial charge in [0.2, 0.25) is 5.91 Å². The van der Waals surface area contributed by atoms with E-state index in [0.717, 1.165) is 0 Å².